The maximum Gasteiger partial charge on any atom is 0.258 e. The van der Waals surface area contributed by atoms with Crippen molar-refractivity contribution < 1.29 is 13.3 Å². The van der Waals surface area contributed by atoms with Crippen LogP contribution in [0, 0.1) is 11.6 Å². The third kappa shape index (κ3) is 2.06. The van der Waals surface area contributed by atoms with Gasteiger partial charge in [0.15, 0.2) is 17.5 Å². The molecule has 1 aromatic heterocycles. The number of halogens is 2. The smallest absolute Gasteiger partial charge is 0.258 e. The second kappa shape index (κ2) is 4.36. The number of nitrogens with two attached hydrogens (primary N) is 1. The molecule has 0 aliphatic carbocycles. The quantitative estimate of drug-likeness (QED) is 0.860. The first-order valence-corrected chi connectivity index (χ1v) is 4.69. The van der Waals surface area contributed by atoms with E-state index < -0.39 is 11.6 Å². The van der Waals surface area contributed by atoms with Gasteiger partial charge in [-0.1, -0.05) is 5.16 Å². The van der Waals surface area contributed by atoms with Crippen molar-refractivity contribution >= 4 is 0 Å². The van der Waals surface area contributed by atoms with Crippen LogP contribution < -0.4 is 5.73 Å². The fourth-order valence-electron chi connectivity index (χ4n) is 1.23. The first-order valence-electron chi connectivity index (χ1n) is 4.69. The molecule has 16 heavy (non-hydrogen) atoms. The Labute approximate surface area is 90.1 Å². The maximum atomic E-state index is 12.9. The zero-order chi connectivity index (χ0) is 11.5. The Balaban J connectivity index is 2.31. The summed E-state index contributed by atoms with van der Waals surface area (Å²) in [4.78, 5) is 3.99. The third-order valence-electron chi connectivity index (χ3n) is 2.00. The largest absolute Gasteiger partial charge is 0.334 e. The van der Waals surface area contributed by atoms with E-state index in [2.05, 4.69) is 10.1 Å². The van der Waals surface area contributed by atoms with Crippen LogP contribution in [0.15, 0.2) is 22.7 Å². The Morgan fingerprint density at radius 3 is 2.75 bits per heavy atom. The van der Waals surface area contributed by atoms with Crippen LogP contribution in [-0.2, 0) is 6.42 Å². The Morgan fingerprint density at radius 1 is 1.25 bits per heavy atom. The predicted molar refractivity (Wildman–Crippen MR) is 52.4 cm³/mol. The molecule has 2 N–H and O–H groups in total. The minimum atomic E-state index is -0.948. The number of benzene rings is 1. The molecule has 0 amide bonds. The van der Waals surface area contributed by atoms with Gasteiger partial charge in [0.25, 0.3) is 5.89 Å². The van der Waals surface area contributed by atoms with Gasteiger partial charge in [-0.05, 0) is 24.7 Å². The van der Waals surface area contributed by atoms with E-state index in [1.54, 1.807) is 0 Å². The lowest BCUT2D eigenvalue weighted by Crippen LogP contribution is -2.03. The van der Waals surface area contributed by atoms with Crippen molar-refractivity contribution in [1.82, 2.24) is 10.1 Å². The van der Waals surface area contributed by atoms with E-state index in [1.165, 1.54) is 6.07 Å². The highest BCUT2D eigenvalue weighted by Gasteiger charge is 2.10. The number of aromatic nitrogens is 2. The molecule has 0 saturated heterocycles. The van der Waals surface area contributed by atoms with Crippen LogP contribution in [0.2, 0.25) is 0 Å². The fraction of sp³-hybridized carbons (Fsp3) is 0.200. The highest BCUT2D eigenvalue weighted by molar-refractivity contribution is 5.52. The lowest BCUT2D eigenvalue weighted by atomic mass is 10.2. The number of hydrogen-bond acceptors (Lipinski definition) is 4. The highest BCUT2D eigenvalue weighted by atomic mass is 19.2. The number of nitrogens with zero attached hydrogens (tertiary/aromatic N) is 2. The van der Waals surface area contributed by atoms with Crippen LogP contribution in [0.5, 0.6) is 0 Å². The molecule has 84 valence electrons. The monoisotopic (exact) mass is 225 g/mol. The van der Waals surface area contributed by atoms with Gasteiger partial charge >= 0.3 is 0 Å². The Kier molecular flexibility index (Phi) is 2.91. The van der Waals surface area contributed by atoms with Crippen LogP contribution in [0.1, 0.15) is 5.82 Å². The molecule has 1 aromatic carbocycles. The van der Waals surface area contributed by atoms with E-state index in [0.29, 0.717) is 24.4 Å². The van der Waals surface area contributed by atoms with Gasteiger partial charge in [0.05, 0.1) is 0 Å². The van der Waals surface area contributed by atoms with E-state index in [9.17, 15) is 8.78 Å². The van der Waals surface area contributed by atoms with Crippen LogP contribution in [0.25, 0.3) is 11.5 Å². The first kappa shape index (κ1) is 10.7. The van der Waals surface area contributed by atoms with Crippen molar-refractivity contribution in [2.75, 3.05) is 6.54 Å². The molecule has 0 saturated carbocycles. The van der Waals surface area contributed by atoms with Gasteiger partial charge in [-0.25, -0.2) is 8.78 Å². The summed E-state index contributed by atoms with van der Waals surface area (Å²) in [6, 6.07) is 3.39. The standard InChI is InChI=1S/C10H9F2N3O/c11-7-2-1-6(5-8(7)12)10-14-9(3-4-13)15-16-10/h1-2,5H,3-4,13H2. The molecule has 0 fully saturated rings. The van der Waals surface area contributed by atoms with Gasteiger partial charge in [0.2, 0.25) is 0 Å². The molecular weight excluding hydrogens is 216 g/mol. The lowest BCUT2D eigenvalue weighted by molar-refractivity contribution is 0.422. The molecule has 0 aliphatic heterocycles. The van der Waals surface area contributed by atoms with Crippen molar-refractivity contribution in [1.29, 1.82) is 0 Å². The summed E-state index contributed by atoms with van der Waals surface area (Å²) < 4.78 is 30.5. The van der Waals surface area contributed by atoms with Crippen LogP contribution in [0.3, 0.4) is 0 Å². The molecule has 1 heterocycles. The molecule has 0 atom stereocenters. The average molecular weight is 225 g/mol. The summed E-state index contributed by atoms with van der Waals surface area (Å²) in [5, 5.41) is 3.65. The minimum absolute atomic E-state index is 0.155. The van der Waals surface area contributed by atoms with E-state index in [0.717, 1.165) is 12.1 Å². The molecule has 4 nitrogen and oxygen atoms in total. The van der Waals surface area contributed by atoms with E-state index in [1.807, 2.05) is 0 Å². The SMILES string of the molecule is NCCc1noc(-c2ccc(F)c(F)c2)n1. The normalized spacial score (nSPS) is 10.7. The zero-order valence-electron chi connectivity index (χ0n) is 8.28. The second-order valence-corrected chi connectivity index (χ2v) is 3.18. The van der Waals surface area contributed by atoms with Crippen LogP contribution >= 0.6 is 0 Å². The van der Waals surface area contributed by atoms with Crippen molar-refractivity contribution in [3.8, 4) is 11.5 Å². The summed E-state index contributed by atoms with van der Waals surface area (Å²) >= 11 is 0. The second-order valence-electron chi connectivity index (χ2n) is 3.18. The molecule has 0 aliphatic rings. The Hall–Kier alpha value is -1.82. The molecular formula is C10H9F2N3O. The molecule has 2 rings (SSSR count). The summed E-state index contributed by atoms with van der Waals surface area (Å²) in [7, 11) is 0. The van der Waals surface area contributed by atoms with Crippen molar-refractivity contribution in [2.24, 2.45) is 5.73 Å². The van der Waals surface area contributed by atoms with Gasteiger partial charge in [-0.2, -0.15) is 4.98 Å². The van der Waals surface area contributed by atoms with Gasteiger partial charge in [0, 0.05) is 12.0 Å². The first-order chi connectivity index (χ1) is 7.70. The summed E-state index contributed by atoms with van der Waals surface area (Å²) in [5.41, 5.74) is 5.66. The van der Waals surface area contributed by atoms with Crippen molar-refractivity contribution in [3.05, 3.63) is 35.7 Å². The van der Waals surface area contributed by atoms with Gasteiger partial charge in [-0.3, -0.25) is 0 Å². The number of rotatable bonds is 3. The molecule has 2 aromatic rings. The highest BCUT2D eigenvalue weighted by Crippen LogP contribution is 2.19. The summed E-state index contributed by atoms with van der Waals surface area (Å²) in [5.74, 6) is -1.26. The topological polar surface area (TPSA) is 64.9 Å². The molecule has 0 bridgehead atoms. The average Bonchev–Trinajstić information content (AvgIpc) is 2.71. The van der Waals surface area contributed by atoms with Gasteiger partial charge < -0.3 is 10.3 Å². The van der Waals surface area contributed by atoms with Crippen LogP contribution in [0.4, 0.5) is 8.78 Å². The van der Waals surface area contributed by atoms with E-state index in [-0.39, 0.29) is 5.89 Å². The number of hydrogen-bond donors (Lipinski definition) is 1. The van der Waals surface area contributed by atoms with Gasteiger partial charge in [-0.15, -0.1) is 0 Å². The molecule has 0 radical (unpaired) electrons. The molecule has 6 heteroatoms. The Bertz CT molecular complexity index is 499. The maximum absolute atomic E-state index is 12.9. The summed E-state index contributed by atoms with van der Waals surface area (Å²) in [6.07, 6.45) is 0.479. The minimum Gasteiger partial charge on any atom is -0.334 e. The molecule has 0 unspecified atom stereocenters. The predicted octanol–water partition coefficient (Wildman–Crippen LogP) is 1.52. The van der Waals surface area contributed by atoms with Crippen molar-refractivity contribution in [2.45, 2.75) is 6.42 Å². The van der Waals surface area contributed by atoms with Crippen LogP contribution in [-0.4, -0.2) is 16.7 Å². The van der Waals surface area contributed by atoms with Crippen molar-refractivity contribution in [3.63, 3.8) is 0 Å². The lowest BCUT2D eigenvalue weighted by Gasteiger charge is -1.95. The van der Waals surface area contributed by atoms with E-state index >= 15 is 0 Å². The molecule has 0 spiro atoms. The third-order valence-corrected chi connectivity index (χ3v) is 2.00. The Morgan fingerprint density at radius 2 is 2.06 bits per heavy atom. The summed E-state index contributed by atoms with van der Waals surface area (Å²) in [6.45, 7) is 0.400. The zero-order valence-corrected chi connectivity index (χ0v) is 8.28. The van der Waals surface area contributed by atoms with E-state index in [4.69, 9.17) is 10.3 Å². The fourth-order valence-corrected chi connectivity index (χ4v) is 1.23. The van der Waals surface area contributed by atoms with Gasteiger partial charge in [0.1, 0.15) is 0 Å².